The summed E-state index contributed by atoms with van der Waals surface area (Å²) in [6.45, 7) is 0. The van der Waals surface area contributed by atoms with Gasteiger partial charge in [-0.3, -0.25) is 0 Å². The molecule has 1 atom stereocenters. The molecule has 0 bridgehead atoms. The maximum absolute atomic E-state index is 6.44. The van der Waals surface area contributed by atoms with Crippen molar-refractivity contribution in [3.05, 3.63) is 205 Å². The molecule has 0 N–H and O–H groups in total. The summed E-state index contributed by atoms with van der Waals surface area (Å²) in [6.07, 6.45) is 11.9. The Morgan fingerprint density at radius 2 is 1.16 bits per heavy atom. The molecule has 0 saturated heterocycles. The summed E-state index contributed by atoms with van der Waals surface area (Å²) < 4.78 is 12.7. The Labute approximate surface area is 319 Å². The van der Waals surface area contributed by atoms with Crippen LogP contribution in [-0.4, -0.2) is 0 Å². The number of rotatable bonds is 6. The van der Waals surface area contributed by atoms with Crippen LogP contribution in [0, 0.1) is 5.92 Å². The molecule has 11 rings (SSSR count). The Balaban J connectivity index is 1.05. The number of para-hydroxylation sites is 2. The first kappa shape index (κ1) is 31.4. The van der Waals surface area contributed by atoms with Crippen LogP contribution in [0.5, 0.6) is 0 Å². The summed E-state index contributed by atoms with van der Waals surface area (Å²) in [5.74, 6) is 1.35. The highest BCUT2D eigenvalue weighted by Gasteiger charge is 2.25. The molecule has 0 fully saturated rings. The molecular weight excluding hydrogens is 671 g/mol. The molecule has 7 aromatic carbocycles. The van der Waals surface area contributed by atoms with Crippen molar-refractivity contribution in [1.29, 1.82) is 0 Å². The average Bonchev–Trinajstić information content (AvgIpc) is 3.81. The van der Waals surface area contributed by atoms with E-state index in [9.17, 15) is 0 Å². The summed E-state index contributed by atoms with van der Waals surface area (Å²) in [5, 5.41) is 3.38. The number of allylic oxidation sites excluding steroid dienone is 5. The van der Waals surface area contributed by atoms with Gasteiger partial charge in [0.25, 0.3) is 0 Å². The normalized spacial score (nSPS) is 14.6. The highest BCUT2D eigenvalue weighted by molar-refractivity contribution is 6.07. The van der Waals surface area contributed by atoms with Gasteiger partial charge in [-0.2, -0.15) is 0 Å². The van der Waals surface area contributed by atoms with Gasteiger partial charge in [-0.05, 0) is 107 Å². The SMILES string of the molecule is C1=CC2=Cc3oc4ccc(-c5ccccc5N(c5ccc(-c6cccc(-c7ccccc7)c6)cc5)c5ccc6oc7ccccc7c6c5)cc4c3CC2C=C1. The Morgan fingerprint density at radius 3 is 2.05 bits per heavy atom. The summed E-state index contributed by atoms with van der Waals surface area (Å²) in [4.78, 5) is 2.38. The molecule has 3 nitrogen and oxygen atoms in total. The van der Waals surface area contributed by atoms with E-state index < -0.39 is 0 Å². The summed E-state index contributed by atoms with van der Waals surface area (Å²) >= 11 is 0. The monoisotopic (exact) mass is 705 g/mol. The fourth-order valence-electron chi connectivity index (χ4n) is 8.48. The highest BCUT2D eigenvalue weighted by atomic mass is 16.3. The molecule has 260 valence electrons. The molecule has 2 aromatic heterocycles. The number of hydrogen-bond donors (Lipinski definition) is 0. The van der Waals surface area contributed by atoms with Gasteiger partial charge in [0.15, 0.2) is 0 Å². The molecule has 0 amide bonds. The van der Waals surface area contributed by atoms with E-state index in [0.29, 0.717) is 5.92 Å². The van der Waals surface area contributed by atoms with Crippen LogP contribution >= 0.6 is 0 Å². The fraction of sp³-hybridized carbons (Fsp3) is 0.0385. The Hall–Kier alpha value is -7.10. The standard InChI is InChI=1S/C52H35NO2/c1-2-11-34(12-3-1)36-15-10-16-37(29-36)35-21-24-41(25-22-35)53(42-26-28-51-47(33-42)44-18-7-9-20-49(44)54-51)48-19-8-6-17-43(48)40-23-27-50-45(31-40)46-30-38-13-4-5-14-39(38)32-52(46)55-50/h1-29,31-33,38H,30H2. The van der Waals surface area contributed by atoms with Gasteiger partial charge >= 0.3 is 0 Å². The Morgan fingerprint density at radius 1 is 0.473 bits per heavy atom. The zero-order valence-electron chi connectivity index (χ0n) is 30.0. The average molecular weight is 706 g/mol. The first-order valence-corrected chi connectivity index (χ1v) is 18.9. The smallest absolute Gasteiger partial charge is 0.135 e. The molecule has 55 heavy (non-hydrogen) atoms. The first-order chi connectivity index (χ1) is 27.2. The van der Waals surface area contributed by atoms with Gasteiger partial charge in [0, 0.05) is 44.6 Å². The predicted octanol–water partition coefficient (Wildman–Crippen LogP) is 14.5. The number of furan rings is 2. The summed E-state index contributed by atoms with van der Waals surface area (Å²) in [7, 11) is 0. The first-order valence-electron chi connectivity index (χ1n) is 18.9. The number of benzene rings is 7. The van der Waals surface area contributed by atoms with Crippen molar-refractivity contribution in [2.24, 2.45) is 5.92 Å². The molecule has 0 spiro atoms. The summed E-state index contributed by atoms with van der Waals surface area (Å²) in [6, 6.07) is 58.5. The molecule has 0 aliphatic heterocycles. The highest BCUT2D eigenvalue weighted by Crippen LogP contribution is 2.45. The van der Waals surface area contributed by atoms with Crippen LogP contribution < -0.4 is 4.90 Å². The maximum Gasteiger partial charge on any atom is 0.135 e. The Bertz CT molecular complexity index is 3010. The molecule has 3 heteroatoms. The molecule has 2 aliphatic carbocycles. The van der Waals surface area contributed by atoms with Gasteiger partial charge < -0.3 is 13.7 Å². The van der Waals surface area contributed by atoms with Gasteiger partial charge in [0.1, 0.15) is 22.5 Å². The lowest BCUT2D eigenvalue weighted by Crippen LogP contribution is -2.11. The molecule has 1 unspecified atom stereocenters. The van der Waals surface area contributed by atoms with E-state index in [1.165, 1.54) is 38.8 Å². The van der Waals surface area contributed by atoms with Crippen molar-refractivity contribution in [3.63, 3.8) is 0 Å². The molecular formula is C52H35NO2. The molecule has 0 radical (unpaired) electrons. The van der Waals surface area contributed by atoms with Crippen LogP contribution in [0.3, 0.4) is 0 Å². The minimum absolute atomic E-state index is 0.377. The third kappa shape index (κ3) is 5.43. The van der Waals surface area contributed by atoms with Crippen LogP contribution in [0.2, 0.25) is 0 Å². The van der Waals surface area contributed by atoms with Crippen molar-refractivity contribution < 1.29 is 8.83 Å². The van der Waals surface area contributed by atoms with E-state index >= 15 is 0 Å². The second-order valence-corrected chi connectivity index (χ2v) is 14.5. The van der Waals surface area contributed by atoms with Crippen molar-refractivity contribution >= 4 is 56.0 Å². The van der Waals surface area contributed by atoms with Crippen LogP contribution in [0.1, 0.15) is 11.3 Å². The zero-order chi connectivity index (χ0) is 36.3. The zero-order valence-corrected chi connectivity index (χ0v) is 30.0. The number of anilines is 3. The van der Waals surface area contributed by atoms with E-state index in [2.05, 4.69) is 187 Å². The van der Waals surface area contributed by atoms with E-state index in [1.807, 2.05) is 12.1 Å². The fourth-order valence-corrected chi connectivity index (χ4v) is 8.48. The minimum Gasteiger partial charge on any atom is -0.456 e. The lowest BCUT2D eigenvalue weighted by molar-refractivity contribution is 0.586. The van der Waals surface area contributed by atoms with Gasteiger partial charge in [0.2, 0.25) is 0 Å². The second-order valence-electron chi connectivity index (χ2n) is 14.5. The van der Waals surface area contributed by atoms with E-state index in [4.69, 9.17) is 8.83 Å². The van der Waals surface area contributed by atoms with E-state index in [0.717, 1.165) is 67.9 Å². The lowest BCUT2D eigenvalue weighted by atomic mass is 9.83. The topological polar surface area (TPSA) is 29.5 Å². The van der Waals surface area contributed by atoms with E-state index in [-0.39, 0.29) is 0 Å². The largest absolute Gasteiger partial charge is 0.456 e. The van der Waals surface area contributed by atoms with Gasteiger partial charge in [-0.15, -0.1) is 0 Å². The van der Waals surface area contributed by atoms with Gasteiger partial charge in [-0.25, -0.2) is 0 Å². The lowest BCUT2D eigenvalue weighted by Gasteiger charge is -2.28. The molecule has 2 aliphatic rings. The molecule has 0 saturated carbocycles. The predicted molar refractivity (Wildman–Crippen MR) is 228 cm³/mol. The quantitative estimate of drug-likeness (QED) is 0.172. The summed E-state index contributed by atoms with van der Waals surface area (Å²) in [5.41, 5.74) is 15.6. The van der Waals surface area contributed by atoms with Crippen LogP contribution in [0.25, 0.3) is 72.4 Å². The number of nitrogens with zero attached hydrogens (tertiary/aromatic N) is 1. The number of fused-ring (bicyclic) bond motifs is 7. The molecule has 2 heterocycles. The van der Waals surface area contributed by atoms with Crippen LogP contribution in [-0.2, 0) is 6.42 Å². The van der Waals surface area contributed by atoms with Crippen molar-refractivity contribution in [2.75, 3.05) is 4.90 Å². The van der Waals surface area contributed by atoms with Crippen molar-refractivity contribution in [2.45, 2.75) is 6.42 Å². The van der Waals surface area contributed by atoms with Crippen molar-refractivity contribution in [3.8, 4) is 33.4 Å². The Kier molecular flexibility index (Phi) is 7.31. The van der Waals surface area contributed by atoms with Gasteiger partial charge in [-0.1, -0.05) is 127 Å². The van der Waals surface area contributed by atoms with Crippen LogP contribution in [0.4, 0.5) is 17.1 Å². The van der Waals surface area contributed by atoms with Gasteiger partial charge in [0.05, 0.1) is 5.69 Å². The van der Waals surface area contributed by atoms with E-state index in [1.54, 1.807) is 0 Å². The maximum atomic E-state index is 6.44. The molecule has 9 aromatic rings. The third-order valence-corrected chi connectivity index (χ3v) is 11.2. The van der Waals surface area contributed by atoms with Crippen LogP contribution in [0.15, 0.2) is 203 Å². The third-order valence-electron chi connectivity index (χ3n) is 11.2. The minimum atomic E-state index is 0.377. The van der Waals surface area contributed by atoms with Crippen molar-refractivity contribution in [1.82, 2.24) is 0 Å². The second kappa shape index (κ2) is 12.8. The number of hydrogen-bond acceptors (Lipinski definition) is 3.